The molecular weight excluding hydrogens is 604 g/mol. The number of carboxylic acids is 1. The van der Waals surface area contributed by atoms with Gasteiger partial charge >= 0.3 is 12.1 Å². The summed E-state index contributed by atoms with van der Waals surface area (Å²) in [5.41, 5.74) is 3.66. The zero-order valence-electron chi connectivity index (χ0n) is 26.5. The fourth-order valence-corrected chi connectivity index (χ4v) is 4.82. The molecule has 45 heavy (non-hydrogen) atoms. The summed E-state index contributed by atoms with van der Waals surface area (Å²) in [5.74, 6) is 0.868. The first kappa shape index (κ1) is 35.6. The lowest BCUT2D eigenvalue weighted by molar-refractivity contribution is -0.159. The first-order chi connectivity index (χ1) is 21.1. The summed E-state index contributed by atoms with van der Waals surface area (Å²) < 4.78 is 41.0. The molecule has 0 radical (unpaired) electrons. The van der Waals surface area contributed by atoms with E-state index in [4.69, 9.17) is 26.2 Å². The van der Waals surface area contributed by atoms with Crippen molar-refractivity contribution in [1.82, 2.24) is 0 Å². The molecule has 2 N–H and O–H groups in total. The normalized spacial score (nSPS) is 16.2. The molecule has 3 aromatic rings. The highest BCUT2D eigenvalue weighted by atomic mass is 35.5. The number of carboxylic acid groups (broad SMARTS) is 1. The van der Waals surface area contributed by atoms with E-state index in [9.17, 15) is 18.4 Å². The molecule has 0 bridgehead atoms. The van der Waals surface area contributed by atoms with Crippen LogP contribution < -0.4 is 19.5 Å². The highest BCUT2D eigenvalue weighted by molar-refractivity contribution is 6.30. The summed E-state index contributed by atoms with van der Waals surface area (Å²) in [5, 5.41) is 12.8. The van der Waals surface area contributed by atoms with E-state index >= 15 is 0 Å². The number of anilines is 1. The Kier molecular flexibility index (Phi) is 12.6. The summed E-state index contributed by atoms with van der Waals surface area (Å²) in [6.45, 7) is 8.86. The summed E-state index contributed by atoms with van der Waals surface area (Å²) in [6, 6.07) is 17.0. The summed E-state index contributed by atoms with van der Waals surface area (Å²) in [4.78, 5) is 23.1. The third kappa shape index (κ3) is 11.9. The molecule has 0 saturated heterocycles. The summed E-state index contributed by atoms with van der Waals surface area (Å²) in [6.07, 6.45) is -0.406. The van der Waals surface area contributed by atoms with Gasteiger partial charge in [0.05, 0.1) is 19.6 Å². The van der Waals surface area contributed by atoms with Crippen molar-refractivity contribution in [2.24, 2.45) is 17.8 Å². The van der Waals surface area contributed by atoms with Gasteiger partial charge in [-0.05, 0) is 80.0 Å². The standard InChI is InChI=1S/C21H22ClNO5.C14H20F2O/c1-12(24)20(13-3-5-15(22)6-4-13)23-16-8-17(27-2)10-18(9-16)28-11-14-7-19(14)21(25)26;1-10(2)5-6-12-7-8-13(9-11(12)3)17-14(4,15)16/h3-6,8-10,14,19-20,23H,7,11H2,1-2H3,(H,25,26);7-10H,5-6H2,1-4H3. The van der Waals surface area contributed by atoms with E-state index in [1.54, 1.807) is 61.7 Å². The van der Waals surface area contributed by atoms with Crippen molar-refractivity contribution in [1.29, 1.82) is 0 Å². The minimum absolute atomic E-state index is 0.0270. The lowest BCUT2D eigenvalue weighted by atomic mass is 9.99. The second-order valence-electron chi connectivity index (χ2n) is 11.8. The SMILES string of the molecule is COc1cc(NC(C(C)=O)c2ccc(Cl)cc2)cc(OCC2CC2C(=O)O)c1.Cc1cc(OC(C)(F)F)ccc1CCC(C)C. The molecule has 4 rings (SSSR count). The number of carbonyl (C=O) groups excluding carboxylic acids is 1. The number of alkyl halides is 2. The molecular formula is C35H42ClF2NO6. The maximum Gasteiger partial charge on any atom is 0.394 e. The van der Waals surface area contributed by atoms with Crippen molar-refractivity contribution < 1.29 is 37.7 Å². The van der Waals surface area contributed by atoms with E-state index in [1.807, 2.05) is 13.0 Å². The maximum atomic E-state index is 12.7. The fourth-order valence-electron chi connectivity index (χ4n) is 4.70. The highest BCUT2D eigenvalue weighted by Gasteiger charge is 2.43. The second kappa shape index (κ2) is 15.9. The number of hydrogen-bond acceptors (Lipinski definition) is 6. The lowest BCUT2D eigenvalue weighted by Crippen LogP contribution is -2.19. The Labute approximate surface area is 268 Å². The smallest absolute Gasteiger partial charge is 0.394 e. The molecule has 0 aromatic heterocycles. The first-order valence-corrected chi connectivity index (χ1v) is 15.3. The minimum atomic E-state index is -3.12. The van der Waals surface area contributed by atoms with Crippen LogP contribution in [0.25, 0.3) is 0 Å². The van der Waals surface area contributed by atoms with Gasteiger partial charge < -0.3 is 24.6 Å². The van der Waals surface area contributed by atoms with Crippen molar-refractivity contribution in [3.63, 3.8) is 0 Å². The Morgan fingerprint density at radius 2 is 1.71 bits per heavy atom. The molecule has 0 aliphatic heterocycles. The van der Waals surface area contributed by atoms with Crippen LogP contribution in [-0.4, -0.2) is 36.7 Å². The topological polar surface area (TPSA) is 94.1 Å². The van der Waals surface area contributed by atoms with Gasteiger partial charge in [-0.1, -0.05) is 43.6 Å². The van der Waals surface area contributed by atoms with Crippen LogP contribution in [0.3, 0.4) is 0 Å². The van der Waals surface area contributed by atoms with Crippen molar-refractivity contribution in [2.75, 3.05) is 19.0 Å². The maximum absolute atomic E-state index is 12.7. The van der Waals surface area contributed by atoms with Gasteiger partial charge in [0.1, 0.15) is 23.3 Å². The monoisotopic (exact) mass is 645 g/mol. The number of rotatable bonds is 14. The van der Waals surface area contributed by atoms with E-state index in [-0.39, 0.29) is 23.4 Å². The van der Waals surface area contributed by atoms with Crippen LogP contribution in [0.5, 0.6) is 17.2 Å². The molecule has 244 valence electrons. The van der Waals surface area contributed by atoms with Crippen LogP contribution in [0.2, 0.25) is 5.02 Å². The van der Waals surface area contributed by atoms with Gasteiger partial charge in [0.25, 0.3) is 0 Å². The third-order valence-corrected chi connectivity index (χ3v) is 7.59. The molecule has 7 nitrogen and oxygen atoms in total. The average Bonchev–Trinajstić information content (AvgIpc) is 3.74. The van der Waals surface area contributed by atoms with Crippen LogP contribution in [0.1, 0.15) is 63.3 Å². The third-order valence-electron chi connectivity index (χ3n) is 7.34. The Morgan fingerprint density at radius 3 is 2.24 bits per heavy atom. The Hall–Kier alpha value is -3.85. The van der Waals surface area contributed by atoms with Gasteiger partial charge in [-0.15, -0.1) is 0 Å². The van der Waals surface area contributed by atoms with Crippen molar-refractivity contribution in [3.8, 4) is 17.2 Å². The number of methoxy groups -OCH3 is 1. The summed E-state index contributed by atoms with van der Waals surface area (Å²) >= 11 is 5.94. The molecule has 3 aromatic carbocycles. The molecule has 0 heterocycles. The van der Waals surface area contributed by atoms with Gasteiger partial charge in [-0.3, -0.25) is 9.59 Å². The highest BCUT2D eigenvalue weighted by Crippen LogP contribution is 2.39. The zero-order valence-corrected chi connectivity index (χ0v) is 27.3. The molecule has 1 aliphatic rings. The fraction of sp³-hybridized carbons (Fsp3) is 0.429. The molecule has 0 amide bonds. The Morgan fingerprint density at radius 1 is 1.04 bits per heavy atom. The van der Waals surface area contributed by atoms with Crippen LogP contribution in [-0.2, 0) is 16.0 Å². The first-order valence-electron chi connectivity index (χ1n) is 14.9. The van der Waals surface area contributed by atoms with E-state index < -0.39 is 18.1 Å². The van der Waals surface area contributed by atoms with Gasteiger partial charge in [0.15, 0.2) is 5.78 Å². The van der Waals surface area contributed by atoms with Crippen molar-refractivity contribution >= 4 is 29.0 Å². The van der Waals surface area contributed by atoms with E-state index in [2.05, 4.69) is 23.9 Å². The molecule has 1 fully saturated rings. The Bertz CT molecular complexity index is 1440. The number of hydrogen-bond donors (Lipinski definition) is 2. The number of aliphatic carboxylic acids is 1. The molecule has 10 heteroatoms. The largest absolute Gasteiger partial charge is 0.497 e. The number of Topliss-reactive ketones (excluding diaryl/α,β-unsaturated/α-hetero) is 1. The van der Waals surface area contributed by atoms with Crippen molar-refractivity contribution in [2.45, 2.75) is 66.0 Å². The van der Waals surface area contributed by atoms with Gasteiger partial charge in [-0.25, -0.2) is 0 Å². The van der Waals surface area contributed by atoms with E-state index in [0.717, 1.165) is 30.9 Å². The number of nitrogens with one attached hydrogen (secondary N) is 1. The molecule has 0 spiro atoms. The van der Waals surface area contributed by atoms with Crippen LogP contribution in [0.15, 0.2) is 60.7 Å². The molecule has 1 saturated carbocycles. The molecule has 3 unspecified atom stereocenters. The number of benzene rings is 3. The van der Waals surface area contributed by atoms with Crippen LogP contribution in [0, 0.1) is 24.7 Å². The van der Waals surface area contributed by atoms with E-state index in [0.29, 0.717) is 41.2 Å². The van der Waals surface area contributed by atoms with E-state index in [1.165, 1.54) is 12.5 Å². The van der Waals surface area contributed by atoms with Crippen LogP contribution in [0.4, 0.5) is 14.5 Å². The van der Waals surface area contributed by atoms with Gasteiger partial charge in [-0.2, -0.15) is 8.78 Å². The minimum Gasteiger partial charge on any atom is -0.497 e. The molecule has 3 atom stereocenters. The lowest BCUT2D eigenvalue weighted by Gasteiger charge is -2.19. The predicted octanol–water partition coefficient (Wildman–Crippen LogP) is 8.77. The van der Waals surface area contributed by atoms with Crippen LogP contribution >= 0.6 is 11.6 Å². The number of ketones is 1. The quantitative estimate of drug-likeness (QED) is 0.181. The van der Waals surface area contributed by atoms with Gasteiger partial charge in [0, 0.05) is 41.8 Å². The number of aryl methyl sites for hydroxylation is 2. The average molecular weight is 646 g/mol. The number of halogens is 3. The van der Waals surface area contributed by atoms with Gasteiger partial charge in [0.2, 0.25) is 0 Å². The predicted molar refractivity (Wildman–Crippen MR) is 172 cm³/mol. The number of ether oxygens (including phenoxy) is 3. The summed E-state index contributed by atoms with van der Waals surface area (Å²) in [7, 11) is 1.55. The Balaban J connectivity index is 0.000000279. The second-order valence-corrected chi connectivity index (χ2v) is 12.3. The number of carbonyl (C=O) groups is 2. The zero-order chi connectivity index (χ0) is 33.3. The molecule has 1 aliphatic carbocycles. The van der Waals surface area contributed by atoms with Crippen molar-refractivity contribution in [3.05, 3.63) is 82.4 Å².